The molecule has 0 aliphatic heterocycles. The zero-order chi connectivity index (χ0) is 21.6. The Morgan fingerprint density at radius 3 is 1.79 bits per heavy atom. The Morgan fingerprint density at radius 1 is 0.793 bits per heavy atom. The van der Waals surface area contributed by atoms with Crippen LogP contribution in [0.25, 0.3) is 0 Å². The van der Waals surface area contributed by atoms with Gasteiger partial charge in [-0.25, -0.2) is 0 Å². The van der Waals surface area contributed by atoms with Crippen molar-refractivity contribution in [3.05, 3.63) is 36.5 Å². The fraction of sp³-hybridized carbons (Fsp3) is 0.720. The molecule has 0 aromatic rings. The number of amides is 1. The molecule has 1 amide bonds. The molecule has 0 heterocycles. The van der Waals surface area contributed by atoms with Crippen molar-refractivity contribution >= 4 is 5.91 Å². The third-order valence-corrected chi connectivity index (χ3v) is 4.89. The van der Waals surface area contributed by atoms with E-state index in [4.69, 9.17) is 0 Å². The Labute approximate surface area is 179 Å². The van der Waals surface area contributed by atoms with Gasteiger partial charge in [-0.05, 0) is 38.5 Å². The van der Waals surface area contributed by atoms with E-state index in [2.05, 4.69) is 36.5 Å². The lowest BCUT2D eigenvalue weighted by atomic mass is 10.1. The van der Waals surface area contributed by atoms with E-state index in [-0.39, 0.29) is 12.5 Å². The number of carbonyl (C=O) groups excluding carboxylic acids is 1. The molecule has 0 fully saturated rings. The van der Waals surface area contributed by atoms with E-state index in [9.17, 15) is 15.0 Å². The molecule has 0 bridgehead atoms. The molecule has 0 aromatic heterocycles. The molecule has 3 N–H and O–H groups in total. The van der Waals surface area contributed by atoms with E-state index in [1.807, 2.05) is 6.08 Å². The molecule has 0 rings (SSSR count). The number of rotatable bonds is 19. The van der Waals surface area contributed by atoms with Gasteiger partial charge >= 0.3 is 0 Å². The van der Waals surface area contributed by atoms with Crippen LogP contribution in [0.2, 0.25) is 0 Å². The summed E-state index contributed by atoms with van der Waals surface area (Å²) in [6.45, 7) is 3.35. The molecule has 0 aliphatic carbocycles. The van der Waals surface area contributed by atoms with Gasteiger partial charge in [0.05, 0.1) is 18.8 Å². The van der Waals surface area contributed by atoms with Gasteiger partial charge in [-0.15, -0.1) is 0 Å². The minimum Gasteiger partial charge on any atom is -0.394 e. The van der Waals surface area contributed by atoms with Gasteiger partial charge in [-0.3, -0.25) is 4.79 Å². The molecular formula is C25H45NO3. The van der Waals surface area contributed by atoms with Crippen LogP contribution in [0.3, 0.4) is 0 Å². The lowest BCUT2D eigenvalue weighted by Gasteiger charge is -2.18. The molecule has 29 heavy (non-hydrogen) atoms. The first-order valence-corrected chi connectivity index (χ1v) is 11.6. The van der Waals surface area contributed by atoms with Crippen molar-refractivity contribution < 1.29 is 15.0 Å². The van der Waals surface area contributed by atoms with Crippen molar-refractivity contribution in [2.75, 3.05) is 6.61 Å². The van der Waals surface area contributed by atoms with Gasteiger partial charge in [-0.2, -0.15) is 0 Å². The van der Waals surface area contributed by atoms with Gasteiger partial charge in [0, 0.05) is 6.92 Å². The van der Waals surface area contributed by atoms with Crippen LogP contribution in [-0.4, -0.2) is 34.9 Å². The normalized spacial score (nSPS) is 14.2. The van der Waals surface area contributed by atoms with Crippen LogP contribution < -0.4 is 5.32 Å². The van der Waals surface area contributed by atoms with Gasteiger partial charge in [0.2, 0.25) is 5.91 Å². The second kappa shape index (κ2) is 21.3. The van der Waals surface area contributed by atoms with Crippen molar-refractivity contribution in [3.8, 4) is 0 Å². The van der Waals surface area contributed by atoms with E-state index in [0.717, 1.165) is 25.7 Å². The molecule has 0 saturated carbocycles. The molecule has 4 nitrogen and oxygen atoms in total. The second-order valence-corrected chi connectivity index (χ2v) is 7.77. The van der Waals surface area contributed by atoms with Crippen molar-refractivity contribution in [1.29, 1.82) is 0 Å². The number of hydrogen-bond acceptors (Lipinski definition) is 3. The number of carbonyl (C=O) groups is 1. The average Bonchev–Trinajstić information content (AvgIpc) is 2.70. The maximum absolute atomic E-state index is 11.0. The van der Waals surface area contributed by atoms with Crippen molar-refractivity contribution in [3.63, 3.8) is 0 Å². The smallest absolute Gasteiger partial charge is 0.217 e. The van der Waals surface area contributed by atoms with Crippen LogP contribution in [-0.2, 0) is 4.79 Å². The molecule has 2 atom stereocenters. The van der Waals surface area contributed by atoms with Crippen molar-refractivity contribution in [1.82, 2.24) is 5.32 Å². The summed E-state index contributed by atoms with van der Waals surface area (Å²) in [5.41, 5.74) is 0. The first-order chi connectivity index (χ1) is 14.1. The third-order valence-electron chi connectivity index (χ3n) is 4.89. The van der Waals surface area contributed by atoms with Crippen molar-refractivity contribution in [2.45, 2.75) is 109 Å². The Hall–Kier alpha value is -1.39. The second-order valence-electron chi connectivity index (χ2n) is 7.77. The summed E-state index contributed by atoms with van der Waals surface area (Å²) in [6, 6.07) is -0.642. The topological polar surface area (TPSA) is 69.6 Å². The first kappa shape index (κ1) is 27.6. The van der Waals surface area contributed by atoms with Crippen LogP contribution in [0.15, 0.2) is 36.5 Å². The fourth-order valence-corrected chi connectivity index (χ4v) is 3.12. The van der Waals surface area contributed by atoms with Gasteiger partial charge in [-0.1, -0.05) is 88.3 Å². The zero-order valence-electron chi connectivity index (χ0n) is 18.8. The third kappa shape index (κ3) is 19.7. The molecule has 2 unspecified atom stereocenters. The molecule has 168 valence electrons. The van der Waals surface area contributed by atoms with E-state index >= 15 is 0 Å². The number of hydrogen-bond donors (Lipinski definition) is 3. The number of aliphatic hydroxyl groups is 2. The SMILES string of the molecule is CCCCCCCCCC/C=C/CC/C=C/CC/C=C/C(O)C(CO)NC(C)=O. The Balaban J connectivity index is 3.55. The van der Waals surface area contributed by atoms with E-state index < -0.39 is 12.1 Å². The molecule has 0 spiro atoms. The van der Waals surface area contributed by atoms with Gasteiger partial charge in [0.25, 0.3) is 0 Å². The molecule has 0 aromatic carbocycles. The summed E-state index contributed by atoms with van der Waals surface area (Å²) in [7, 11) is 0. The minimum absolute atomic E-state index is 0.258. The standard InChI is InChI=1S/C25H45NO3/c1-3-4-5-6-7-8-9-10-11-12-13-14-15-16-17-18-19-20-21-25(29)24(22-27)26-23(2)28/h12-13,16-17,20-21,24-25,27,29H,3-11,14-15,18-19,22H2,1-2H3,(H,26,28)/b13-12+,17-16+,21-20+. The Bertz CT molecular complexity index is 457. The lowest BCUT2D eigenvalue weighted by Crippen LogP contribution is -2.44. The van der Waals surface area contributed by atoms with Crippen LogP contribution in [0.4, 0.5) is 0 Å². The van der Waals surface area contributed by atoms with Gasteiger partial charge in [0.1, 0.15) is 0 Å². The van der Waals surface area contributed by atoms with Crippen LogP contribution in [0, 0.1) is 0 Å². The van der Waals surface area contributed by atoms with Gasteiger partial charge in [0.15, 0.2) is 0 Å². The van der Waals surface area contributed by atoms with Crippen LogP contribution in [0.1, 0.15) is 97.3 Å². The zero-order valence-corrected chi connectivity index (χ0v) is 18.8. The summed E-state index contributed by atoms with van der Waals surface area (Å²) >= 11 is 0. The molecule has 4 heteroatoms. The summed E-state index contributed by atoms with van der Waals surface area (Å²) in [6.07, 6.45) is 27.8. The number of aliphatic hydroxyl groups excluding tert-OH is 2. The largest absolute Gasteiger partial charge is 0.394 e. The maximum atomic E-state index is 11.0. The molecule has 0 saturated heterocycles. The van der Waals surface area contributed by atoms with E-state index in [1.165, 1.54) is 64.7 Å². The van der Waals surface area contributed by atoms with Gasteiger partial charge < -0.3 is 15.5 Å². The fourth-order valence-electron chi connectivity index (χ4n) is 3.12. The molecule has 0 aliphatic rings. The number of unbranched alkanes of at least 4 members (excludes halogenated alkanes) is 10. The number of nitrogens with one attached hydrogen (secondary N) is 1. The van der Waals surface area contributed by atoms with Crippen LogP contribution >= 0.6 is 0 Å². The highest BCUT2D eigenvalue weighted by Crippen LogP contribution is 2.10. The first-order valence-electron chi connectivity index (χ1n) is 11.6. The van der Waals surface area contributed by atoms with E-state index in [0.29, 0.717) is 0 Å². The van der Waals surface area contributed by atoms with Crippen molar-refractivity contribution in [2.24, 2.45) is 0 Å². The Morgan fingerprint density at radius 2 is 1.28 bits per heavy atom. The summed E-state index contributed by atoms with van der Waals surface area (Å²) in [5.74, 6) is -0.258. The van der Waals surface area contributed by atoms with E-state index in [1.54, 1.807) is 6.08 Å². The maximum Gasteiger partial charge on any atom is 0.217 e. The summed E-state index contributed by atoms with van der Waals surface area (Å²) in [4.78, 5) is 11.0. The highest BCUT2D eigenvalue weighted by molar-refractivity contribution is 5.73. The molecule has 0 radical (unpaired) electrons. The summed E-state index contributed by atoms with van der Waals surface area (Å²) < 4.78 is 0. The monoisotopic (exact) mass is 407 g/mol. The highest BCUT2D eigenvalue weighted by Gasteiger charge is 2.15. The van der Waals surface area contributed by atoms with Crippen LogP contribution in [0.5, 0.6) is 0 Å². The highest BCUT2D eigenvalue weighted by atomic mass is 16.3. The number of allylic oxidation sites excluding steroid dienone is 5. The molecular weight excluding hydrogens is 362 g/mol. The predicted molar refractivity (Wildman–Crippen MR) is 124 cm³/mol. The quantitative estimate of drug-likeness (QED) is 0.193. The predicted octanol–water partition coefficient (Wildman–Crippen LogP) is 5.60. The Kier molecular flexibility index (Phi) is 20.3. The minimum atomic E-state index is -0.862. The summed E-state index contributed by atoms with van der Waals surface area (Å²) in [5, 5.41) is 21.6. The average molecular weight is 408 g/mol. The lowest BCUT2D eigenvalue weighted by molar-refractivity contribution is -0.120.